The van der Waals surface area contributed by atoms with E-state index in [0.29, 0.717) is 13.1 Å². The first kappa shape index (κ1) is 22.3. The van der Waals surface area contributed by atoms with Gasteiger partial charge in [0.1, 0.15) is 0 Å². The Morgan fingerprint density at radius 2 is 1.75 bits per heavy atom. The second-order valence-corrected chi connectivity index (χ2v) is 7.87. The maximum Gasteiger partial charge on any atom is 0.234 e. The van der Waals surface area contributed by atoms with E-state index in [1.54, 1.807) is 0 Å². The van der Waals surface area contributed by atoms with Gasteiger partial charge in [-0.1, -0.05) is 48.0 Å². The summed E-state index contributed by atoms with van der Waals surface area (Å²) in [7, 11) is 0. The lowest BCUT2D eigenvalue weighted by molar-refractivity contribution is -0.127. The number of amides is 2. The quantitative estimate of drug-likeness (QED) is 0.754. The van der Waals surface area contributed by atoms with Crippen molar-refractivity contribution in [2.24, 2.45) is 5.73 Å². The summed E-state index contributed by atoms with van der Waals surface area (Å²) < 4.78 is 0. The van der Waals surface area contributed by atoms with Gasteiger partial charge in [0.05, 0.1) is 11.5 Å². The maximum absolute atomic E-state index is 12.5. The number of carbonyl (C=O) groups excluding carboxylic acids is 2. The van der Waals surface area contributed by atoms with Crippen LogP contribution in [0.15, 0.2) is 54.6 Å². The molecule has 2 atom stereocenters. The van der Waals surface area contributed by atoms with Crippen LogP contribution < -0.4 is 11.1 Å². The van der Waals surface area contributed by atoms with Crippen molar-refractivity contribution in [3.63, 3.8) is 0 Å². The van der Waals surface area contributed by atoms with Crippen LogP contribution in [0.25, 0.3) is 0 Å². The van der Waals surface area contributed by atoms with Crippen molar-refractivity contribution in [1.29, 1.82) is 0 Å². The molecule has 7 heteroatoms. The zero-order valence-electron chi connectivity index (χ0n) is 15.8. The van der Waals surface area contributed by atoms with Gasteiger partial charge in [-0.2, -0.15) is 0 Å². The molecule has 1 saturated heterocycles. The minimum absolute atomic E-state index is 0. The molecule has 0 radical (unpaired) electrons. The van der Waals surface area contributed by atoms with Gasteiger partial charge in [0.25, 0.3) is 0 Å². The van der Waals surface area contributed by atoms with Gasteiger partial charge >= 0.3 is 0 Å². The number of anilines is 1. The van der Waals surface area contributed by atoms with E-state index in [0.717, 1.165) is 11.3 Å². The van der Waals surface area contributed by atoms with Crippen molar-refractivity contribution >= 4 is 41.7 Å². The second-order valence-electron chi connectivity index (χ2n) is 6.89. The fraction of sp³-hybridized carbons (Fsp3) is 0.333. The van der Waals surface area contributed by atoms with Gasteiger partial charge in [-0.05, 0) is 24.6 Å². The van der Waals surface area contributed by atoms with Crippen LogP contribution in [0.1, 0.15) is 17.0 Å². The predicted octanol–water partition coefficient (Wildman–Crippen LogP) is 3.04. The largest absolute Gasteiger partial charge is 0.340 e. The summed E-state index contributed by atoms with van der Waals surface area (Å²) in [5.74, 6) is 0.649. The highest BCUT2D eigenvalue weighted by Gasteiger charge is 2.33. The Labute approximate surface area is 176 Å². The number of aryl methyl sites for hydroxylation is 1. The van der Waals surface area contributed by atoms with Crippen LogP contribution in [0.5, 0.6) is 0 Å². The first-order valence-corrected chi connectivity index (χ1v) is 10.2. The van der Waals surface area contributed by atoms with Gasteiger partial charge in [0, 0.05) is 30.7 Å². The van der Waals surface area contributed by atoms with E-state index in [1.165, 1.54) is 17.3 Å². The minimum Gasteiger partial charge on any atom is -0.340 e. The molecule has 0 aromatic heterocycles. The van der Waals surface area contributed by atoms with Gasteiger partial charge < -0.3 is 16.0 Å². The Hall–Kier alpha value is -2.02. The number of likely N-dealkylation sites (tertiary alicyclic amines) is 1. The fourth-order valence-electron chi connectivity index (χ4n) is 3.24. The smallest absolute Gasteiger partial charge is 0.234 e. The van der Waals surface area contributed by atoms with Crippen LogP contribution in [0.4, 0.5) is 5.69 Å². The monoisotopic (exact) mass is 419 g/mol. The topological polar surface area (TPSA) is 75.4 Å². The molecule has 2 aromatic carbocycles. The molecule has 1 aliphatic heterocycles. The summed E-state index contributed by atoms with van der Waals surface area (Å²) in [5, 5.41) is 2.84. The Balaban J connectivity index is 0.00000280. The highest BCUT2D eigenvalue weighted by Crippen LogP contribution is 2.26. The molecule has 0 bridgehead atoms. The van der Waals surface area contributed by atoms with Gasteiger partial charge in [0.2, 0.25) is 11.8 Å². The molecule has 2 amide bonds. The number of rotatable bonds is 6. The summed E-state index contributed by atoms with van der Waals surface area (Å²) in [6.07, 6.45) is 0. The fourth-order valence-corrected chi connectivity index (χ4v) is 3.96. The lowest BCUT2D eigenvalue weighted by atomic mass is 9.95. The average molecular weight is 420 g/mol. The van der Waals surface area contributed by atoms with Crippen LogP contribution in [0.3, 0.4) is 0 Å². The molecule has 2 aromatic rings. The van der Waals surface area contributed by atoms with E-state index in [1.807, 2.05) is 54.3 Å². The average Bonchev–Trinajstić information content (AvgIpc) is 3.06. The molecule has 1 fully saturated rings. The van der Waals surface area contributed by atoms with E-state index in [9.17, 15) is 9.59 Å². The van der Waals surface area contributed by atoms with E-state index in [2.05, 4.69) is 17.4 Å². The van der Waals surface area contributed by atoms with Crippen LogP contribution in [0, 0.1) is 6.92 Å². The first-order chi connectivity index (χ1) is 13.0. The maximum atomic E-state index is 12.5. The van der Waals surface area contributed by atoms with Crippen molar-refractivity contribution in [3.05, 3.63) is 65.7 Å². The van der Waals surface area contributed by atoms with Gasteiger partial charge in [-0.3, -0.25) is 9.59 Å². The van der Waals surface area contributed by atoms with E-state index < -0.39 is 0 Å². The molecule has 1 aliphatic rings. The molecule has 3 rings (SSSR count). The third-order valence-electron chi connectivity index (χ3n) is 4.74. The molecular formula is C21H26ClN3O2S. The van der Waals surface area contributed by atoms with Gasteiger partial charge in [-0.25, -0.2) is 0 Å². The van der Waals surface area contributed by atoms with Crippen molar-refractivity contribution in [3.8, 4) is 0 Å². The molecule has 0 unspecified atom stereocenters. The summed E-state index contributed by atoms with van der Waals surface area (Å²) in [4.78, 5) is 26.3. The lowest BCUT2D eigenvalue weighted by Gasteiger charge is -2.16. The minimum atomic E-state index is -0.100. The number of carbonyl (C=O) groups is 2. The molecule has 0 saturated carbocycles. The molecule has 5 nitrogen and oxygen atoms in total. The van der Waals surface area contributed by atoms with Crippen molar-refractivity contribution in [2.45, 2.75) is 18.9 Å². The molecule has 28 heavy (non-hydrogen) atoms. The van der Waals surface area contributed by atoms with Crippen LogP contribution in [0.2, 0.25) is 0 Å². The van der Waals surface area contributed by atoms with Crippen LogP contribution >= 0.6 is 24.2 Å². The van der Waals surface area contributed by atoms with Gasteiger partial charge in [0.15, 0.2) is 0 Å². The number of nitrogens with two attached hydrogens (primary N) is 1. The summed E-state index contributed by atoms with van der Waals surface area (Å²) in [5.41, 5.74) is 9.34. The standard InChI is InChI=1S/C21H25N3O2S.ClH/c1-15-7-9-17(10-8-15)23-20(25)13-27-14-21(26)24-11-18(19(22)12-24)16-5-3-2-4-6-16;/h2-10,18-19H,11-14,22H2,1H3,(H,23,25);1H/t18-,19+;/m0./s1. The number of benzene rings is 2. The molecule has 1 heterocycles. The summed E-state index contributed by atoms with van der Waals surface area (Å²) in [6.45, 7) is 3.20. The third-order valence-corrected chi connectivity index (χ3v) is 5.66. The second kappa shape index (κ2) is 10.5. The SMILES string of the molecule is Cc1ccc(NC(=O)CSCC(=O)N2C[C@@H](N)[C@H](c3ccccc3)C2)cc1.Cl. The molecule has 0 spiro atoms. The number of thioether (sulfide) groups is 1. The Kier molecular flexibility index (Phi) is 8.35. The zero-order valence-corrected chi connectivity index (χ0v) is 17.5. The lowest BCUT2D eigenvalue weighted by Crippen LogP contribution is -2.33. The Bertz CT molecular complexity index is 786. The number of nitrogens with one attached hydrogen (secondary N) is 1. The zero-order chi connectivity index (χ0) is 19.2. The van der Waals surface area contributed by atoms with Crippen LogP contribution in [-0.4, -0.2) is 47.4 Å². The van der Waals surface area contributed by atoms with E-state index >= 15 is 0 Å². The van der Waals surface area contributed by atoms with E-state index in [4.69, 9.17) is 5.73 Å². The summed E-state index contributed by atoms with van der Waals surface area (Å²) >= 11 is 1.33. The Morgan fingerprint density at radius 3 is 2.43 bits per heavy atom. The Morgan fingerprint density at radius 1 is 1.07 bits per heavy atom. The van der Waals surface area contributed by atoms with Crippen LogP contribution in [-0.2, 0) is 9.59 Å². The third kappa shape index (κ3) is 5.99. The number of hydrogen-bond acceptors (Lipinski definition) is 4. The number of halogens is 1. The van der Waals surface area contributed by atoms with Gasteiger partial charge in [-0.15, -0.1) is 24.2 Å². The molecule has 0 aliphatic carbocycles. The molecule has 150 valence electrons. The van der Waals surface area contributed by atoms with E-state index in [-0.39, 0.29) is 47.7 Å². The number of nitrogens with zero attached hydrogens (tertiary/aromatic N) is 1. The molecule has 3 N–H and O–H groups in total. The highest BCUT2D eigenvalue weighted by atomic mass is 35.5. The summed E-state index contributed by atoms with van der Waals surface area (Å²) in [6, 6.07) is 17.7. The predicted molar refractivity (Wildman–Crippen MR) is 118 cm³/mol. The normalized spacial score (nSPS) is 18.4. The first-order valence-electron chi connectivity index (χ1n) is 9.05. The van der Waals surface area contributed by atoms with Crippen molar-refractivity contribution in [2.75, 3.05) is 29.9 Å². The van der Waals surface area contributed by atoms with Crippen molar-refractivity contribution in [1.82, 2.24) is 4.90 Å². The highest BCUT2D eigenvalue weighted by molar-refractivity contribution is 8.00. The number of hydrogen-bond donors (Lipinski definition) is 2. The molecular weight excluding hydrogens is 394 g/mol. The van der Waals surface area contributed by atoms with Crippen molar-refractivity contribution < 1.29 is 9.59 Å².